The van der Waals surface area contributed by atoms with E-state index >= 15 is 0 Å². The fourth-order valence-electron chi connectivity index (χ4n) is 0.656. The number of hydrogen-bond acceptors (Lipinski definition) is 4. The minimum atomic E-state index is -3.27. The first kappa shape index (κ1) is 10.5. The van der Waals surface area contributed by atoms with Gasteiger partial charge in [-0.1, -0.05) is 12.1 Å². The highest BCUT2D eigenvalue weighted by molar-refractivity contribution is 9.09. The molecule has 0 saturated heterocycles. The van der Waals surface area contributed by atoms with Gasteiger partial charge in [0.2, 0.25) is 0 Å². The van der Waals surface area contributed by atoms with E-state index in [9.17, 15) is 8.78 Å². The summed E-state index contributed by atoms with van der Waals surface area (Å²) < 4.78 is 29.4. The van der Waals surface area contributed by atoms with E-state index in [2.05, 4.69) is 30.6 Å². The van der Waals surface area contributed by atoms with Crippen molar-refractivity contribution < 1.29 is 13.3 Å². The summed E-state index contributed by atoms with van der Waals surface area (Å²) in [6.07, 6.45) is 0. The van der Waals surface area contributed by atoms with Gasteiger partial charge >= 0.3 is 10.7 Å². The van der Waals surface area contributed by atoms with E-state index in [0.29, 0.717) is 0 Å². The van der Waals surface area contributed by atoms with Gasteiger partial charge in [0.25, 0.3) is 0 Å². The quantitative estimate of drug-likeness (QED) is 0.833. The maximum Gasteiger partial charge on any atom is 0.378 e. The summed E-state index contributed by atoms with van der Waals surface area (Å²) in [5, 5.41) is 3.38. The normalized spacial score (nSPS) is 14.5. The average Bonchev–Trinajstić information content (AvgIpc) is 2.50. The lowest BCUT2D eigenvalue weighted by molar-refractivity contribution is 0.0725. The topological polar surface area (TPSA) is 64.9 Å². The molecule has 0 spiro atoms. The van der Waals surface area contributed by atoms with E-state index in [1.165, 1.54) is 0 Å². The van der Waals surface area contributed by atoms with Crippen LogP contribution in [0.2, 0.25) is 0 Å². The van der Waals surface area contributed by atoms with Crippen molar-refractivity contribution in [2.75, 3.05) is 6.54 Å². The summed E-state index contributed by atoms with van der Waals surface area (Å²) >= 11 is 2.11. The van der Waals surface area contributed by atoms with Crippen LogP contribution in [0.5, 0.6) is 0 Å². The fourth-order valence-corrected chi connectivity index (χ4v) is 0.817. The predicted octanol–water partition coefficient (Wildman–Crippen LogP) is 1.58. The molecule has 1 aromatic heterocycles. The van der Waals surface area contributed by atoms with Crippen LogP contribution in [0.25, 0.3) is 0 Å². The molecule has 0 aromatic carbocycles. The molecule has 4 nitrogen and oxygen atoms in total. The Kier molecular flexibility index (Phi) is 2.97. The summed E-state index contributed by atoms with van der Waals surface area (Å²) in [5.41, 5.74) is 5.30. The fraction of sp³-hybridized carbons (Fsp3) is 0.667. The molecule has 1 heterocycles. The van der Waals surface area contributed by atoms with Gasteiger partial charge in [-0.3, -0.25) is 0 Å². The summed E-state index contributed by atoms with van der Waals surface area (Å²) in [7, 11) is 0. The summed E-state index contributed by atoms with van der Waals surface area (Å²) in [6, 6.07) is 0. The molecule has 13 heavy (non-hydrogen) atoms. The van der Waals surface area contributed by atoms with Crippen LogP contribution in [-0.4, -0.2) is 16.7 Å². The van der Waals surface area contributed by atoms with Gasteiger partial charge in [-0.2, -0.15) is 13.8 Å². The number of aromatic nitrogens is 2. The van der Waals surface area contributed by atoms with Gasteiger partial charge in [0.15, 0.2) is 5.82 Å². The number of hydrogen-bond donors (Lipinski definition) is 1. The molecular formula is C6H8BrF2N3O. The summed E-state index contributed by atoms with van der Waals surface area (Å²) in [5.74, 6) is -0.744. The number of alkyl halides is 3. The van der Waals surface area contributed by atoms with Crippen molar-refractivity contribution in [1.29, 1.82) is 0 Å². The molecule has 0 amide bonds. The first-order valence-electron chi connectivity index (χ1n) is 3.56. The van der Waals surface area contributed by atoms with Crippen molar-refractivity contribution in [2.45, 2.75) is 17.7 Å². The second kappa shape index (κ2) is 3.67. The molecule has 0 aliphatic heterocycles. The van der Waals surface area contributed by atoms with E-state index in [1.807, 2.05) is 0 Å². The molecule has 1 unspecified atom stereocenters. The van der Waals surface area contributed by atoms with Crippen LogP contribution in [-0.2, 0) is 4.83 Å². The van der Waals surface area contributed by atoms with Crippen LogP contribution in [0.15, 0.2) is 4.52 Å². The number of nitrogens with zero attached hydrogens (tertiary/aromatic N) is 2. The Morgan fingerprint density at radius 1 is 1.69 bits per heavy atom. The Morgan fingerprint density at radius 3 is 2.69 bits per heavy atom. The lowest BCUT2D eigenvalue weighted by Gasteiger charge is -2.00. The molecule has 7 heteroatoms. The molecular weight excluding hydrogens is 248 g/mol. The standard InChI is InChI=1S/C6H8BrF2N3O/c1-3(2-10)4-11-5(13-12-4)6(7,8)9/h3H,2,10H2,1H3. The van der Waals surface area contributed by atoms with Crippen LogP contribution in [0.1, 0.15) is 24.6 Å². The highest BCUT2D eigenvalue weighted by Gasteiger charge is 2.35. The minimum Gasteiger partial charge on any atom is -0.332 e. The van der Waals surface area contributed by atoms with E-state index < -0.39 is 10.7 Å². The second-order valence-electron chi connectivity index (χ2n) is 2.59. The van der Waals surface area contributed by atoms with Gasteiger partial charge in [0.1, 0.15) is 0 Å². The van der Waals surface area contributed by atoms with Gasteiger partial charge in [0.05, 0.1) is 0 Å². The maximum absolute atomic E-state index is 12.5. The monoisotopic (exact) mass is 255 g/mol. The minimum absolute atomic E-state index is 0.188. The van der Waals surface area contributed by atoms with Gasteiger partial charge < -0.3 is 10.3 Å². The van der Waals surface area contributed by atoms with Crippen LogP contribution >= 0.6 is 15.9 Å². The average molecular weight is 256 g/mol. The van der Waals surface area contributed by atoms with Crippen LogP contribution < -0.4 is 5.73 Å². The van der Waals surface area contributed by atoms with Gasteiger partial charge in [-0.15, -0.1) is 0 Å². The molecule has 2 N–H and O–H groups in total. The van der Waals surface area contributed by atoms with Crippen molar-refractivity contribution in [1.82, 2.24) is 10.1 Å². The summed E-state index contributed by atoms with van der Waals surface area (Å²) in [6.45, 7) is 2.01. The predicted molar refractivity (Wildman–Crippen MR) is 44.6 cm³/mol. The smallest absolute Gasteiger partial charge is 0.332 e. The summed E-state index contributed by atoms with van der Waals surface area (Å²) in [4.78, 5) is 0.226. The molecule has 0 bridgehead atoms. The molecule has 0 fully saturated rings. The Bertz CT molecular complexity index is 286. The van der Waals surface area contributed by atoms with Crippen LogP contribution in [0.3, 0.4) is 0 Å². The molecule has 1 atom stereocenters. The molecule has 0 aliphatic rings. The highest BCUT2D eigenvalue weighted by Crippen LogP contribution is 2.33. The van der Waals surface area contributed by atoms with Crippen LogP contribution in [0, 0.1) is 0 Å². The van der Waals surface area contributed by atoms with E-state index in [-0.39, 0.29) is 18.3 Å². The third-order valence-electron chi connectivity index (χ3n) is 1.48. The maximum atomic E-state index is 12.5. The molecule has 74 valence electrons. The molecule has 0 saturated carbocycles. The van der Waals surface area contributed by atoms with E-state index in [4.69, 9.17) is 5.73 Å². The number of rotatable bonds is 3. The Morgan fingerprint density at radius 2 is 2.31 bits per heavy atom. The first-order chi connectivity index (χ1) is 5.95. The zero-order valence-corrected chi connectivity index (χ0v) is 8.38. The zero-order valence-electron chi connectivity index (χ0n) is 6.80. The van der Waals surface area contributed by atoms with E-state index in [1.54, 1.807) is 6.92 Å². The number of nitrogens with two attached hydrogens (primary N) is 1. The third-order valence-corrected chi connectivity index (χ3v) is 1.82. The van der Waals surface area contributed by atoms with Crippen molar-refractivity contribution >= 4 is 15.9 Å². The van der Waals surface area contributed by atoms with Crippen molar-refractivity contribution in [3.8, 4) is 0 Å². The molecule has 1 rings (SSSR count). The number of halogens is 3. The van der Waals surface area contributed by atoms with Gasteiger partial charge in [-0.05, 0) is 0 Å². The molecule has 0 radical (unpaired) electrons. The third kappa shape index (κ3) is 2.44. The zero-order chi connectivity index (χ0) is 10.1. The van der Waals surface area contributed by atoms with Crippen LogP contribution in [0.4, 0.5) is 8.78 Å². The Balaban J connectivity index is 2.87. The Labute approximate surface area is 81.6 Å². The van der Waals surface area contributed by atoms with Gasteiger partial charge in [0, 0.05) is 28.4 Å². The molecule has 0 aliphatic carbocycles. The second-order valence-corrected chi connectivity index (χ2v) is 3.59. The highest BCUT2D eigenvalue weighted by atomic mass is 79.9. The van der Waals surface area contributed by atoms with E-state index in [0.717, 1.165) is 0 Å². The lowest BCUT2D eigenvalue weighted by atomic mass is 10.2. The van der Waals surface area contributed by atoms with Crippen molar-refractivity contribution in [3.63, 3.8) is 0 Å². The van der Waals surface area contributed by atoms with Gasteiger partial charge in [-0.25, -0.2) is 0 Å². The SMILES string of the molecule is CC(CN)c1noc(C(F)(F)Br)n1. The largest absolute Gasteiger partial charge is 0.378 e. The van der Waals surface area contributed by atoms with Crippen molar-refractivity contribution in [2.24, 2.45) is 5.73 Å². The first-order valence-corrected chi connectivity index (χ1v) is 4.35. The lowest BCUT2D eigenvalue weighted by Crippen LogP contribution is -2.11. The molecule has 1 aromatic rings. The Hall–Kier alpha value is -0.560. The van der Waals surface area contributed by atoms with Crippen molar-refractivity contribution in [3.05, 3.63) is 11.7 Å².